The van der Waals surface area contributed by atoms with Gasteiger partial charge < -0.3 is 14.6 Å². The van der Waals surface area contributed by atoms with Crippen molar-refractivity contribution < 1.29 is 14.1 Å². The molecule has 1 amide bonds. The summed E-state index contributed by atoms with van der Waals surface area (Å²) in [7, 11) is -0.368. The third-order valence-corrected chi connectivity index (χ3v) is 4.39. The van der Waals surface area contributed by atoms with Crippen molar-refractivity contribution in [3.63, 3.8) is 0 Å². The Morgan fingerprint density at radius 2 is 1.76 bits per heavy atom. The zero-order chi connectivity index (χ0) is 15.8. The molecule has 0 radical (unpaired) electrons. The Kier molecular flexibility index (Phi) is 4.18. The van der Waals surface area contributed by atoms with Gasteiger partial charge in [0.25, 0.3) is 0 Å². The molecule has 1 aliphatic rings. The van der Waals surface area contributed by atoms with Crippen LogP contribution in [0.2, 0.25) is 0 Å². The smallest absolute Gasteiger partial charge is 0.399 e. The van der Waals surface area contributed by atoms with Crippen LogP contribution in [0.5, 0.6) is 0 Å². The number of benzene rings is 1. The van der Waals surface area contributed by atoms with E-state index < -0.39 is 0 Å². The lowest BCUT2D eigenvalue weighted by Crippen LogP contribution is -2.41. The van der Waals surface area contributed by atoms with E-state index in [4.69, 9.17) is 9.31 Å². The van der Waals surface area contributed by atoms with E-state index in [1.807, 2.05) is 52.8 Å². The second kappa shape index (κ2) is 5.46. The van der Waals surface area contributed by atoms with Crippen LogP contribution in [0.25, 0.3) is 0 Å². The number of rotatable bonds is 3. The van der Waals surface area contributed by atoms with Crippen LogP contribution >= 0.6 is 0 Å². The molecule has 1 saturated heterocycles. The van der Waals surface area contributed by atoms with Gasteiger partial charge in [0.2, 0.25) is 5.91 Å². The van der Waals surface area contributed by atoms with E-state index in [-0.39, 0.29) is 24.2 Å². The SMILES string of the molecule is CC(=O)NCc1ccc(C)c(B2OC(C)(C)C(C)(C)O2)c1. The van der Waals surface area contributed by atoms with E-state index in [9.17, 15) is 4.79 Å². The zero-order valence-electron chi connectivity index (χ0n) is 13.7. The fourth-order valence-electron chi connectivity index (χ4n) is 2.25. The number of hydrogen-bond acceptors (Lipinski definition) is 3. The highest BCUT2D eigenvalue weighted by Crippen LogP contribution is 2.36. The quantitative estimate of drug-likeness (QED) is 0.865. The second-order valence-corrected chi connectivity index (χ2v) is 6.69. The molecule has 114 valence electrons. The van der Waals surface area contributed by atoms with Gasteiger partial charge in [-0.15, -0.1) is 0 Å². The highest BCUT2D eigenvalue weighted by Gasteiger charge is 2.52. The number of hydrogen-bond donors (Lipinski definition) is 1. The Hall–Kier alpha value is -1.33. The maximum Gasteiger partial charge on any atom is 0.495 e. The molecule has 0 aliphatic carbocycles. The predicted molar refractivity (Wildman–Crippen MR) is 84.4 cm³/mol. The Balaban J connectivity index is 2.24. The van der Waals surface area contributed by atoms with Crippen LogP contribution in [0.3, 0.4) is 0 Å². The highest BCUT2D eigenvalue weighted by atomic mass is 16.7. The first kappa shape index (κ1) is 16.1. The van der Waals surface area contributed by atoms with Crippen molar-refractivity contribution in [2.75, 3.05) is 0 Å². The Labute approximate surface area is 127 Å². The predicted octanol–water partition coefficient (Wildman–Crippen LogP) is 1.93. The maximum atomic E-state index is 11.0. The van der Waals surface area contributed by atoms with Gasteiger partial charge in [-0.05, 0) is 45.6 Å². The van der Waals surface area contributed by atoms with Crippen LogP contribution in [-0.4, -0.2) is 24.2 Å². The summed E-state index contributed by atoms with van der Waals surface area (Å²) in [5.74, 6) is -0.0345. The third-order valence-electron chi connectivity index (χ3n) is 4.39. The van der Waals surface area contributed by atoms with Crippen LogP contribution in [0.1, 0.15) is 45.7 Å². The molecule has 0 spiro atoms. The average Bonchev–Trinajstić information content (AvgIpc) is 2.57. The molecule has 1 aromatic carbocycles. The number of aryl methyl sites for hydroxylation is 1. The largest absolute Gasteiger partial charge is 0.495 e. The summed E-state index contributed by atoms with van der Waals surface area (Å²) in [4.78, 5) is 11.0. The summed E-state index contributed by atoms with van der Waals surface area (Å²) in [6, 6.07) is 6.10. The van der Waals surface area contributed by atoms with Gasteiger partial charge in [0.05, 0.1) is 11.2 Å². The summed E-state index contributed by atoms with van der Waals surface area (Å²) in [5, 5.41) is 2.81. The van der Waals surface area contributed by atoms with Crippen LogP contribution in [0.4, 0.5) is 0 Å². The maximum absolute atomic E-state index is 11.0. The van der Waals surface area contributed by atoms with E-state index in [0.717, 1.165) is 16.6 Å². The second-order valence-electron chi connectivity index (χ2n) is 6.69. The minimum absolute atomic E-state index is 0.0345. The number of amides is 1. The van der Waals surface area contributed by atoms with Crippen LogP contribution < -0.4 is 10.8 Å². The fraction of sp³-hybridized carbons (Fsp3) is 0.562. The van der Waals surface area contributed by atoms with Gasteiger partial charge in [-0.1, -0.05) is 23.8 Å². The van der Waals surface area contributed by atoms with Crippen molar-refractivity contribution in [1.29, 1.82) is 0 Å². The van der Waals surface area contributed by atoms with E-state index in [1.165, 1.54) is 6.92 Å². The lowest BCUT2D eigenvalue weighted by Gasteiger charge is -2.32. The van der Waals surface area contributed by atoms with Crippen molar-refractivity contribution in [3.05, 3.63) is 29.3 Å². The van der Waals surface area contributed by atoms with Gasteiger partial charge in [-0.2, -0.15) is 0 Å². The molecule has 0 bridgehead atoms. The molecule has 1 fully saturated rings. The third kappa shape index (κ3) is 3.30. The van der Waals surface area contributed by atoms with Gasteiger partial charge in [-0.25, -0.2) is 0 Å². The lowest BCUT2D eigenvalue weighted by atomic mass is 9.75. The summed E-state index contributed by atoms with van der Waals surface area (Å²) in [6.07, 6.45) is 0. The Bertz CT molecular complexity index is 538. The molecule has 1 N–H and O–H groups in total. The molecule has 1 aliphatic heterocycles. The molecule has 0 aromatic heterocycles. The first-order valence-corrected chi connectivity index (χ1v) is 7.32. The Morgan fingerprint density at radius 3 is 2.29 bits per heavy atom. The monoisotopic (exact) mass is 289 g/mol. The van der Waals surface area contributed by atoms with Crippen molar-refractivity contribution in [2.45, 2.75) is 59.3 Å². The molecule has 4 nitrogen and oxygen atoms in total. The first-order chi connectivity index (χ1) is 9.62. The lowest BCUT2D eigenvalue weighted by molar-refractivity contribution is -0.119. The summed E-state index contributed by atoms with van der Waals surface area (Å²) in [5.41, 5.74) is 2.49. The van der Waals surface area contributed by atoms with E-state index in [1.54, 1.807) is 0 Å². The molecule has 0 atom stereocenters. The molecular weight excluding hydrogens is 265 g/mol. The standard InChI is InChI=1S/C16H24BNO3/c1-11-7-8-13(10-18-12(2)19)9-14(11)17-20-15(3,4)16(5,6)21-17/h7-9H,10H2,1-6H3,(H,18,19). The molecule has 2 rings (SSSR count). The molecule has 0 unspecified atom stereocenters. The molecule has 0 saturated carbocycles. The number of carbonyl (C=O) groups is 1. The van der Waals surface area contributed by atoms with Gasteiger partial charge in [-0.3, -0.25) is 4.79 Å². The van der Waals surface area contributed by atoms with E-state index in [0.29, 0.717) is 6.54 Å². The molecule has 21 heavy (non-hydrogen) atoms. The van der Waals surface area contributed by atoms with Crippen LogP contribution in [0.15, 0.2) is 18.2 Å². The van der Waals surface area contributed by atoms with Gasteiger partial charge in [0.15, 0.2) is 0 Å². The van der Waals surface area contributed by atoms with Gasteiger partial charge in [0, 0.05) is 13.5 Å². The number of carbonyl (C=O) groups excluding carboxylic acids is 1. The minimum atomic E-state index is -0.368. The van der Waals surface area contributed by atoms with Crippen molar-refractivity contribution in [2.24, 2.45) is 0 Å². The van der Waals surface area contributed by atoms with E-state index in [2.05, 4.69) is 5.32 Å². The van der Waals surface area contributed by atoms with Crippen molar-refractivity contribution in [3.8, 4) is 0 Å². The Morgan fingerprint density at radius 1 is 1.19 bits per heavy atom. The van der Waals surface area contributed by atoms with Crippen molar-refractivity contribution >= 4 is 18.5 Å². The molecule has 1 aromatic rings. The van der Waals surface area contributed by atoms with Crippen molar-refractivity contribution in [1.82, 2.24) is 5.32 Å². The molecular formula is C16H24BNO3. The van der Waals surface area contributed by atoms with E-state index >= 15 is 0 Å². The minimum Gasteiger partial charge on any atom is -0.399 e. The molecule has 1 heterocycles. The fourth-order valence-corrected chi connectivity index (χ4v) is 2.25. The zero-order valence-corrected chi connectivity index (χ0v) is 13.7. The summed E-state index contributed by atoms with van der Waals surface area (Å²) in [6.45, 7) is 12.3. The van der Waals surface area contributed by atoms with Gasteiger partial charge >= 0.3 is 7.12 Å². The first-order valence-electron chi connectivity index (χ1n) is 7.32. The van der Waals surface area contributed by atoms with Gasteiger partial charge in [0.1, 0.15) is 0 Å². The molecule has 5 heteroatoms. The topological polar surface area (TPSA) is 47.6 Å². The summed E-state index contributed by atoms with van der Waals surface area (Å²) >= 11 is 0. The normalized spacial score (nSPS) is 19.6. The highest BCUT2D eigenvalue weighted by molar-refractivity contribution is 6.62. The van der Waals surface area contributed by atoms with Crippen LogP contribution in [-0.2, 0) is 20.6 Å². The summed E-state index contributed by atoms with van der Waals surface area (Å²) < 4.78 is 12.2. The average molecular weight is 289 g/mol. The van der Waals surface area contributed by atoms with Crippen LogP contribution in [0, 0.1) is 6.92 Å². The number of nitrogens with one attached hydrogen (secondary N) is 1.